The number of ether oxygens (including phenoxy) is 1. The maximum atomic E-state index is 11.7. The van der Waals surface area contributed by atoms with Gasteiger partial charge in [-0.05, 0) is 26.0 Å². The van der Waals surface area contributed by atoms with E-state index in [1.54, 1.807) is 24.4 Å². The number of amides is 1. The Bertz CT molecular complexity index is 726. The number of thiazole rings is 1. The van der Waals surface area contributed by atoms with Gasteiger partial charge in [0.05, 0.1) is 29.6 Å². The molecule has 0 radical (unpaired) electrons. The highest BCUT2D eigenvalue weighted by Crippen LogP contribution is 2.28. The standard InChI is InChI=1S/C14H13N3O3S/c1-3-20-14(19)10-6-21-13(17-10)9-5-4-8-11(16-9)7(2)15-12(8)18/h4-7H,3H2,1-2H3,(H,15,18)/t7-/m1/s1. The van der Waals surface area contributed by atoms with E-state index in [0.717, 1.165) is 0 Å². The zero-order valence-electron chi connectivity index (χ0n) is 11.5. The number of hydrogen-bond acceptors (Lipinski definition) is 6. The lowest BCUT2D eigenvalue weighted by atomic mass is 10.1. The first-order valence-corrected chi connectivity index (χ1v) is 7.43. The average Bonchev–Trinajstić information content (AvgIpc) is 3.05. The molecule has 0 aromatic carbocycles. The fourth-order valence-corrected chi connectivity index (χ4v) is 2.91. The van der Waals surface area contributed by atoms with Crippen LogP contribution in [0.25, 0.3) is 10.7 Å². The first-order chi connectivity index (χ1) is 10.1. The molecule has 1 amide bonds. The fraction of sp³-hybridized carbons (Fsp3) is 0.286. The lowest BCUT2D eigenvalue weighted by Gasteiger charge is -2.03. The second-order valence-electron chi connectivity index (χ2n) is 4.58. The van der Waals surface area contributed by atoms with E-state index in [9.17, 15) is 9.59 Å². The minimum Gasteiger partial charge on any atom is -0.461 e. The van der Waals surface area contributed by atoms with Crippen molar-refractivity contribution >= 4 is 23.2 Å². The molecule has 3 heterocycles. The molecule has 0 unspecified atom stereocenters. The maximum Gasteiger partial charge on any atom is 0.357 e. The van der Waals surface area contributed by atoms with Gasteiger partial charge in [-0.1, -0.05) is 0 Å². The van der Waals surface area contributed by atoms with Crippen molar-refractivity contribution in [3.63, 3.8) is 0 Å². The van der Waals surface area contributed by atoms with E-state index in [-0.39, 0.29) is 17.6 Å². The number of carbonyl (C=O) groups excluding carboxylic acids is 2. The van der Waals surface area contributed by atoms with Crippen molar-refractivity contribution in [1.82, 2.24) is 15.3 Å². The molecule has 21 heavy (non-hydrogen) atoms. The second-order valence-corrected chi connectivity index (χ2v) is 5.44. The van der Waals surface area contributed by atoms with Gasteiger partial charge in [-0.15, -0.1) is 11.3 Å². The first-order valence-electron chi connectivity index (χ1n) is 6.55. The molecule has 6 nitrogen and oxygen atoms in total. The van der Waals surface area contributed by atoms with Crippen LogP contribution < -0.4 is 5.32 Å². The van der Waals surface area contributed by atoms with E-state index in [1.165, 1.54) is 11.3 Å². The van der Waals surface area contributed by atoms with Crippen LogP contribution in [0.4, 0.5) is 0 Å². The van der Waals surface area contributed by atoms with Crippen molar-refractivity contribution in [2.24, 2.45) is 0 Å². The molecule has 0 spiro atoms. The van der Waals surface area contributed by atoms with E-state index in [2.05, 4.69) is 15.3 Å². The van der Waals surface area contributed by atoms with Crippen LogP contribution in [0.2, 0.25) is 0 Å². The predicted octanol–water partition coefficient (Wildman–Crippen LogP) is 2.19. The van der Waals surface area contributed by atoms with Gasteiger partial charge in [0.2, 0.25) is 0 Å². The Morgan fingerprint density at radius 2 is 2.24 bits per heavy atom. The molecule has 0 bridgehead atoms. The lowest BCUT2D eigenvalue weighted by Crippen LogP contribution is -2.16. The van der Waals surface area contributed by atoms with E-state index >= 15 is 0 Å². The number of hydrogen-bond donors (Lipinski definition) is 1. The smallest absolute Gasteiger partial charge is 0.357 e. The van der Waals surface area contributed by atoms with Gasteiger partial charge >= 0.3 is 5.97 Å². The maximum absolute atomic E-state index is 11.7. The average molecular weight is 303 g/mol. The summed E-state index contributed by atoms with van der Waals surface area (Å²) < 4.78 is 4.91. The Hall–Kier alpha value is -2.28. The number of nitrogens with one attached hydrogen (secondary N) is 1. The Kier molecular flexibility index (Phi) is 3.42. The highest BCUT2D eigenvalue weighted by Gasteiger charge is 2.27. The lowest BCUT2D eigenvalue weighted by molar-refractivity contribution is 0.0520. The molecule has 0 aliphatic carbocycles. The zero-order valence-corrected chi connectivity index (χ0v) is 12.4. The fourth-order valence-electron chi connectivity index (χ4n) is 2.15. The number of carbonyl (C=O) groups is 2. The topological polar surface area (TPSA) is 81.2 Å². The minimum absolute atomic E-state index is 0.108. The van der Waals surface area contributed by atoms with Crippen LogP contribution in [0, 0.1) is 0 Å². The third-order valence-electron chi connectivity index (χ3n) is 3.13. The summed E-state index contributed by atoms with van der Waals surface area (Å²) in [4.78, 5) is 32.0. The number of nitrogens with zero attached hydrogens (tertiary/aromatic N) is 2. The Morgan fingerprint density at radius 3 is 3.00 bits per heavy atom. The summed E-state index contributed by atoms with van der Waals surface area (Å²) in [5.74, 6) is -0.547. The molecule has 0 saturated heterocycles. The van der Waals surface area contributed by atoms with Crippen molar-refractivity contribution in [2.75, 3.05) is 6.61 Å². The van der Waals surface area contributed by atoms with Crippen LogP contribution >= 0.6 is 11.3 Å². The van der Waals surface area contributed by atoms with E-state index in [4.69, 9.17) is 4.74 Å². The summed E-state index contributed by atoms with van der Waals surface area (Å²) in [6, 6.07) is 3.36. The Balaban J connectivity index is 1.93. The van der Waals surface area contributed by atoms with Gasteiger partial charge in [-0.3, -0.25) is 4.79 Å². The summed E-state index contributed by atoms with van der Waals surface area (Å²) in [7, 11) is 0. The number of pyridine rings is 1. The van der Waals surface area contributed by atoms with E-state index in [0.29, 0.717) is 28.6 Å². The molecule has 1 atom stereocenters. The van der Waals surface area contributed by atoms with E-state index in [1.807, 2.05) is 6.92 Å². The van der Waals surface area contributed by atoms with Gasteiger partial charge in [0.15, 0.2) is 5.69 Å². The molecule has 1 aliphatic rings. The molecule has 2 aromatic heterocycles. The van der Waals surface area contributed by atoms with Crippen LogP contribution in [0.1, 0.15) is 46.4 Å². The summed E-state index contributed by atoms with van der Waals surface area (Å²) >= 11 is 1.32. The van der Waals surface area contributed by atoms with Crippen molar-refractivity contribution in [3.8, 4) is 10.7 Å². The largest absolute Gasteiger partial charge is 0.461 e. The van der Waals surface area contributed by atoms with Crippen LogP contribution in [0.3, 0.4) is 0 Å². The van der Waals surface area contributed by atoms with Crippen molar-refractivity contribution in [2.45, 2.75) is 19.9 Å². The molecule has 0 saturated carbocycles. The Morgan fingerprint density at radius 1 is 1.43 bits per heavy atom. The zero-order chi connectivity index (χ0) is 15.0. The molecular weight excluding hydrogens is 290 g/mol. The molecule has 1 N–H and O–H groups in total. The third kappa shape index (κ3) is 2.40. The van der Waals surface area contributed by atoms with Gasteiger partial charge < -0.3 is 10.1 Å². The van der Waals surface area contributed by atoms with Crippen molar-refractivity contribution in [1.29, 1.82) is 0 Å². The molecule has 108 valence electrons. The van der Waals surface area contributed by atoms with Gasteiger partial charge in [-0.2, -0.15) is 0 Å². The first kappa shape index (κ1) is 13.7. The van der Waals surface area contributed by atoms with Crippen LogP contribution in [-0.2, 0) is 4.74 Å². The van der Waals surface area contributed by atoms with Gasteiger partial charge in [0.1, 0.15) is 5.01 Å². The summed E-state index contributed by atoms with van der Waals surface area (Å²) in [6.45, 7) is 3.94. The number of fused-ring (bicyclic) bond motifs is 1. The number of esters is 1. The normalized spacial score (nSPS) is 16.5. The van der Waals surface area contributed by atoms with Gasteiger partial charge in [0, 0.05) is 5.38 Å². The Labute approximate surface area is 125 Å². The molecule has 2 aromatic rings. The van der Waals surface area contributed by atoms with Crippen LogP contribution in [0.5, 0.6) is 0 Å². The highest BCUT2D eigenvalue weighted by molar-refractivity contribution is 7.13. The summed E-state index contributed by atoms with van der Waals surface area (Å²) in [6.07, 6.45) is 0. The second kappa shape index (κ2) is 5.25. The van der Waals surface area contributed by atoms with Gasteiger partial charge in [0.25, 0.3) is 5.91 Å². The number of aromatic nitrogens is 2. The monoisotopic (exact) mass is 303 g/mol. The molecule has 7 heteroatoms. The van der Waals surface area contributed by atoms with Crippen LogP contribution in [-0.4, -0.2) is 28.5 Å². The highest BCUT2D eigenvalue weighted by atomic mass is 32.1. The van der Waals surface area contributed by atoms with Crippen LogP contribution in [0.15, 0.2) is 17.5 Å². The molecular formula is C14H13N3O3S. The summed E-state index contributed by atoms with van der Waals surface area (Å²) in [5, 5.41) is 5.09. The molecule has 1 aliphatic heterocycles. The summed E-state index contributed by atoms with van der Waals surface area (Å²) in [5.41, 5.74) is 2.23. The predicted molar refractivity (Wildman–Crippen MR) is 77.2 cm³/mol. The van der Waals surface area contributed by atoms with E-state index < -0.39 is 5.97 Å². The number of rotatable bonds is 3. The SMILES string of the molecule is CCOC(=O)c1csc(-c2ccc3c(n2)[C@@H](C)NC3=O)n1. The van der Waals surface area contributed by atoms with Gasteiger partial charge in [-0.25, -0.2) is 14.8 Å². The van der Waals surface area contributed by atoms with Crippen molar-refractivity contribution < 1.29 is 14.3 Å². The molecule has 3 rings (SSSR count). The quantitative estimate of drug-likeness (QED) is 0.879. The van der Waals surface area contributed by atoms with Crippen molar-refractivity contribution in [3.05, 3.63) is 34.5 Å². The molecule has 0 fully saturated rings. The third-order valence-corrected chi connectivity index (χ3v) is 4.00. The minimum atomic E-state index is -0.439.